The summed E-state index contributed by atoms with van der Waals surface area (Å²) in [7, 11) is 0. The van der Waals surface area contributed by atoms with Crippen LogP contribution in [0, 0.1) is 5.41 Å². The van der Waals surface area contributed by atoms with Crippen LogP contribution in [0.5, 0.6) is 0 Å². The summed E-state index contributed by atoms with van der Waals surface area (Å²) in [6.45, 7) is 3.43. The second kappa shape index (κ2) is 7.44. The average molecular weight is 350 g/mol. The number of likely N-dealkylation sites (tertiary alicyclic amines) is 1. The number of anilines is 1. The van der Waals surface area contributed by atoms with Gasteiger partial charge in [-0.25, -0.2) is 4.98 Å². The molecule has 5 heteroatoms. The molecule has 0 aliphatic carbocycles. The second-order valence-electron chi connectivity index (χ2n) is 7.50. The molecule has 1 spiro atoms. The van der Waals surface area contributed by atoms with Gasteiger partial charge < -0.3 is 9.80 Å². The van der Waals surface area contributed by atoms with Crippen LogP contribution in [0.15, 0.2) is 48.9 Å². The van der Waals surface area contributed by atoms with Crippen molar-refractivity contribution < 1.29 is 4.79 Å². The summed E-state index contributed by atoms with van der Waals surface area (Å²) in [6, 6.07) is 10.5. The first-order valence-corrected chi connectivity index (χ1v) is 9.61. The molecule has 1 aromatic carbocycles. The summed E-state index contributed by atoms with van der Waals surface area (Å²) in [4.78, 5) is 26.1. The fraction of sp³-hybridized carbons (Fsp3) is 0.476. The molecule has 2 aliphatic rings. The van der Waals surface area contributed by atoms with Gasteiger partial charge in [0.15, 0.2) is 0 Å². The normalized spacial score (nSPS) is 23.0. The highest BCUT2D eigenvalue weighted by Gasteiger charge is 2.48. The Morgan fingerprint density at radius 1 is 1.08 bits per heavy atom. The first-order chi connectivity index (χ1) is 12.8. The molecule has 1 aromatic heterocycles. The van der Waals surface area contributed by atoms with E-state index in [2.05, 4.69) is 44.0 Å². The lowest BCUT2D eigenvalue weighted by molar-refractivity contribution is -0.145. The van der Waals surface area contributed by atoms with Gasteiger partial charge in [-0.3, -0.25) is 9.78 Å². The quantitative estimate of drug-likeness (QED) is 0.832. The van der Waals surface area contributed by atoms with Gasteiger partial charge in [-0.05, 0) is 37.7 Å². The van der Waals surface area contributed by atoms with Gasteiger partial charge in [0.2, 0.25) is 5.91 Å². The summed E-state index contributed by atoms with van der Waals surface area (Å²) >= 11 is 0. The van der Waals surface area contributed by atoms with Crippen molar-refractivity contribution in [2.24, 2.45) is 5.41 Å². The Morgan fingerprint density at radius 2 is 1.96 bits per heavy atom. The molecule has 0 bridgehead atoms. The standard InChI is InChI=1S/C21H26N4O/c26-20-21(10-15-25(17-21)19-16-22-11-12-23-19)9-5-14-24(20)13-4-8-18-6-2-1-3-7-18/h1-3,6-7,11-12,16H,4-5,8-10,13-15,17H2/t21-/m1/s1. The Hall–Kier alpha value is -2.43. The second-order valence-corrected chi connectivity index (χ2v) is 7.50. The number of amides is 1. The Balaban J connectivity index is 1.37. The highest BCUT2D eigenvalue weighted by Crippen LogP contribution is 2.41. The summed E-state index contributed by atoms with van der Waals surface area (Å²) in [6.07, 6.45) is 10.3. The van der Waals surface area contributed by atoms with E-state index in [9.17, 15) is 4.79 Å². The summed E-state index contributed by atoms with van der Waals surface area (Å²) < 4.78 is 0. The highest BCUT2D eigenvalue weighted by molar-refractivity contribution is 5.85. The fourth-order valence-electron chi connectivity index (χ4n) is 4.39. The maximum Gasteiger partial charge on any atom is 0.230 e. The van der Waals surface area contributed by atoms with E-state index in [0.717, 1.165) is 64.1 Å². The number of rotatable bonds is 5. The van der Waals surface area contributed by atoms with E-state index in [-0.39, 0.29) is 5.41 Å². The Labute approximate surface area is 155 Å². The predicted octanol–water partition coefficient (Wildman–Crippen LogP) is 2.93. The molecule has 0 radical (unpaired) electrons. The van der Waals surface area contributed by atoms with E-state index in [1.54, 1.807) is 18.6 Å². The zero-order valence-electron chi connectivity index (χ0n) is 15.2. The predicted molar refractivity (Wildman–Crippen MR) is 102 cm³/mol. The van der Waals surface area contributed by atoms with Crippen molar-refractivity contribution in [1.82, 2.24) is 14.9 Å². The van der Waals surface area contributed by atoms with Gasteiger partial charge in [-0.2, -0.15) is 0 Å². The highest BCUT2D eigenvalue weighted by atomic mass is 16.2. The van der Waals surface area contributed by atoms with Crippen LogP contribution in [-0.2, 0) is 11.2 Å². The Morgan fingerprint density at radius 3 is 2.77 bits per heavy atom. The number of aromatic nitrogens is 2. The summed E-state index contributed by atoms with van der Waals surface area (Å²) in [5.41, 5.74) is 1.13. The molecule has 2 fully saturated rings. The van der Waals surface area contributed by atoms with Gasteiger partial charge in [-0.1, -0.05) is 30.3 Å². The largest absolute Gasteiger partial charge is 0.354 e. The maximum atomic E-state index is 13.2. The zero-order valence-corrected chi connectivity index (χ0v) is 15.2. The van der Waals surface area contributed by atoms with Crippen molar-refractivity contribution in [1.29, 1.82) is 0 Å². The van der Waals surface area contributed by atoms with E-state index in [1.165, 1.54) is 5.56 Å². The van der Waals surface area contributed by atoms with Crippen molar-refractivity contribution in [3.8, 4) is 0 Å². The van der Waals surface area contributed by atoms with Gasteiger partial charge in [0, 0.05) is 38.6 Å². The Bertz CT molecular complexity index is 736. The molecule has 0 N–H and O–H groups in total. The molecule has 0 unspecified atom stereocenters. The molecular formula is C21H26N4O. The molecular weight excluding hydrogens is 324 g/mol. The first-order valence-electron chi connectivity index (χ1n) is 9.61. The van der Waals surface area contributed by atoms with Crippen molar-refractivity contribution in [3.05, 3.63) is 54.5 Å². The molecule has 0 saturated carbocycles. The summed E-state index contributed by atoms with van der Waals surface area (Å²) in [5, 5.41) is 0. The molecule has 5 nitrogen and oxygen atoms in total. The van der Waals surface area contributed by atoms with E-state index in [1.807, 2.05) is 6.07 Å². The molecule has 1 amide bonds. The van der Waals surface area contributed by atoms with Crippen LogP contribution in [0.1, 0.15) is 31.2 Å². The minimum atomic E-state index is -0.220. The van der Waals surface area contributed by atoms with Gasteiger partial charge in [-0.15, -0.1) is 0 Å². The van der Waals surface area contributed by atoms with Crippen LogP contribution >= 0.6 is 0 Å². The third-order valence-electron chi connectivity index (χ3n) is 5.79. The van der Waals surface area contributed by atoms with E-state index in [4.69, 9.17) is 0 Å². The smallest absolute Gasteiger partial charge is 0.230 e. The number of piperidine rings is 1. The van der Waals surface area contributed by atoms with Crippen LogP contribution in [0.2, 0.25) is 0 Å². The summed E-state index contributed by atoms with van der Waals surface area (Å²) in [5.74, 6) is 1.24. The minimum absolute atomic E-state index is 0.220. The van der Waals surface area contributed by atoms with Gasteiger partial charge in [0.05, 0.1) is 11.6 Å². The SMILES string of the molecule is O=C1N(CCCc2ccccc2)CCC[C@]12CCN(c1cnccn1)C2. The van der Waals surface area contributed by atoms with Gasteiger partial charge in [0.25, 0.3) is 0 Å². The lowest BCUT2D eigenvalue weighted by Crippen LogP contribution is -2.50. The maximum absolute atomic E-state index is 13.2. The third-order valence-corrected chi connectivity index (χ3v) is 5.79. The van der Waals surface area contributed by atoms with Crippen LogP contribution in [0.25, 0.3) is 0 Å². The molecule has 26 heavy (non-hydrogen) atoms. The molecule has 3 heterocycles. The molecule has 4 rings (SSSR count). The first kappa shape index (κ1) is 17.0. The Kier molecular flexibility index (Phi) is 4.87. The molecule has 2 aliphatic heterocycles. The average Bonchev–Trinajstić information content (AvgIpc) is 3.12. The topological polar surface area (TPSA) is 49.3 Å². The molecule has 1 atom stereocenters. The molecule has 136 valence electrons. The number of aryl methyl sites for hydroxylation is 1. The van der Waals surface area contributed by atoms with Crippen molar-refractivity contribution >= 4 is 11.7 Å². The minimum Gasteiger partial charge on any atom is -0.354 e. The number of nitrogens with zero attached hydrogens (tertiary/aromatic N) is 4. The zero-order chi connectivity index (χ0) is 17.8. The fourth-order valence-corrected chi connectivity index (χ4v) is 4.39. The third kappa shape index (κ3) is 3.43. The monoisotopic (exact) mass is 350 g/mol. The van der Waals surface area contributed by atoms with Crippen LogP contribution in [0.3, 0.4) is 0 Å². The number of hydrogen-bond acceptors (Lipinski definition) is 4. The van der Waals surface area contributed by atoms with Gasteiger partial charge >= 0.3 is 0 Å². The van der Waals surface area contributed by atoms with Crippen LogP contribution < -0.4 is 4.90 Å². The number of benzene rings is 1. The number of hydrogen-bond donors (Lipinski definition) is 0. The van der Waals surface area contributed by atoms with Crippen molar-refractivity contribution in [2.45, 2.75) is 32.1 Å². The van der Waals surface area contributed by atoms with Crippen molar-refractivity contribution in [3.63, 3.8) is 0 Å². The molecule has 2 aromatic rings. The van der Waals surface area contributed by atoms with Crippen LogP contribution in [0.4, 0.5) is 5.82 Å². The van der Waals surface area contributed by atoms with Crippen LogP contribution in [-0.4, -0.2) is 47.0 Å². The number of carbonyl (C=O) groups is 1. The lowest BCUT2D eigenvalue weighted by atomic mass is 9.78. The lowest BCUT2D eigenvalue weighted by Gasteiger charge is -2.39. The van der Waals surface area contributed by atoms with E-state index < -0.39 is 0 Å². The van der Waals surface area contributed by atoms with Crippen molar-refractivity contribution in [2.75, 3.05) is 31.1 Å². The molecule has 2 saturated heterocycles. The van der Waals surface area contributed by atoms with Gasteiger partial charge in [0.1, 0.15) is 5.82 Å². The number of carbonyl (C=O) groups excluding carboxylic acids is 1. The van der Waals surface area contributed by atoms with E-state index in [0.29, 0.717) is 5.91 Å². The van der Waals surface area contributed by atoms with E-state index >= 15 is 0 Å².